The van der Waals surface area contributed by atoms with Gasteiger partial charge in [-0.2, -0.15) is 4.31 Å². The minimum absolute atomic E-state index is 0.186. The number of carbonyl (C=O) groups is 1. The summed E-state index contributed by atoms with van der Waals surface area (Å²) >= 11 is 0. The lowest BCUT2D eigenvalue weighted by Gasteiger charge is -2.06. The Labute approximate surface area is 123 Å². The third-order valence-corrected chi connectivity index (χ3v) is 5.56. The molecule has 0 radical (unpaired) electrons. The van der Waals surface area contributed by atoms with Crippen LogP contribution < -0.4 is 0 Å². The molecule has 2 aliphatic rings. The van der Waals surface area contributed by atoms with E-state index in [1.807, 2.05) is 6.92 Å². The molecule has 1 aromatic carbocycles. The predicted molar refractivity (Wildman–Crippen MR) is 74.2 cm³/mol. The second-order valence-electron chi connectivity index (χ2n) is 5.21. The molecule has 114 valence electrons. The highest BCUT2D eigenvalue weighted by Crippen LogP contribution is 2.43. The first kappa shape index (κ1) is 14.5. The summed E-state index contributed by atoms with van der Waals surface area (Å²) in [6.45, 7) is 4.30. The summed E-state index contributed by atoms with van der Waals surface area (Å²) in [4.78, 5) is 12.1. The van der Waals surface area contributed by atoms with Crippen molar-refractivity contribution in [1.29, 1.82) is 0 Å². The van der Waals surface area contributed by atoms with Crippen LogP contribution in [0.15, 0.2) is 29.2 Å². The molecule has 0 amide bonds. The van der Waals surface area contributed by atoms with Crippen molar-refractivity contribution in [2.24, 2.45) is 0 Å². The maximum Gasteiger partial charge on any atom is 0.326 e. The van der Waals surface area contributed by atoms with Gasteiger partial charge in [-0.05, 0) is 26.0 Å². The first-order valence-electron chi connectivity index (χ1n) is 6.85. The van der Waals surface area contributed by atoms with E-state index in [1.54, 1.807) is 31.2 Å². The van der Waals surface area contributed by atoms with Crippen molar-refractivity contribution in [2.45, 2.75) is 36.9 Å². The Kier molecular flexibility index (Phi) is 3.51. The Hall–Kier alpha value is -1.44. The molecule has 1 unspecified atom stereocenters. The number of benzene rings is 1. The molecule has 0 bridgehead atoms. The van der Waals surface area contributed by atoms with Crippen molar-refractivity contribution in [3.05, 3.63) is 29.8 Å². The normalized spacial score (nSPS) is 30.8. The number of aryl methyl sites for hydroxylation is 1. The fourth-order valence-electron chi connectivity index (χ4n) is 2.46. The third kappa shape index (κ3) is 2.56. The molecule has 0 spiro atoms. The molecule has 0 saturated carbocycles. The van der Waals surface area contributed by atoms with Gasteiger partial charge in [-0.15, -0.1) is 0 Å². The highest BCUT2D eigenvalue weighted by atomic mass is 32.2. The van der Waals surface area contributed by atoms with E-state index < -0.39 is 28.1 Å². The smallest absolute Gasteiger partial charge is 0.326 e. The number of sulfonamides is 1. The number of esters is 1. The molecule has 2 fully saturated rings. The van der Waals surface area contributed by atoms with Gasteiger partial charge in [0.2, 0.25) is 10.0 Å². The van der Waals surface area contributed by atoms with Crippen molar-refractivity contribution in [3.8, 4) is 0 Å². The number of ether oxygens (including phenoxy) is 2. The molecule has 0 N–H and O–H groups in total. The average Bonchev–Trinajstić information content (AvgIpc) is 3.30. The summed E-state index contributed by atoms with van der Waals surface area (Å²) < 4.78 is 36.6. The van der Waals surface area contributed by atoms with E-state index in [4.69, 9.17) is 9.47 Å². The zero-order valence-corrected chi connectivity index (χ0v) is 12.7. The van der Waals surface area contributed by atoms with E-state index >= 15 is 0 Å². The van der Waals surface area contributed by atoms with Crippen molar-refractivity contribution in [3.63, 3.8) is 0 Å². The Bertz CT molecular complexity index is 650. The third-order valence-electron chi connectivity index (χ3n) is 3.67. The van der Waals surface area contributed by atoms with Crippen LogP contribution in [0.5, 0.6) is 0 Å². The molecular formula is C14H17NO5S. The fraction of sp³-hybridized carbons (Fsp3) is 0.500. The second kappa shape index (κ2) is 5.08. The van der Waals surface area contributed by atoms with Crippen LogP contribution in [0, 0.1) is 6.92 Å². The van der Waals surface area contributed by atoms with Crippen molar-refractivity contribution in [2.75, 3.05) is 13.2 Å². The second-order valence-corrected chi connectivity index (χ2v) is 7.05. The monoisotopic (exact) mass is 311 g/mol. The maximum atomic E-state index is 12.6. The van der Waals surface area contributed by atoms with Gasteiger partial charge < -0.3 is 9.47 Å². The van der Waals surface area contributed by atoms with Gasteiger partial charge in [-0.3, -0.25) is 4.79 Å². The molecule has 2 saturated heterocycles. The zero-order chi connectivity index (χ0) is 15.2. The van der Waals surface area contributed by atoms with E-state index in [-0.39, 0.29) is 17.6 Å². The van der Waals surface area contributed by atoms with Crippen LogP contribution in [0.25, 0.3) is 0 Å². The highest BCUT2D eigenvalue weighted by molar-refractivity contribution is 7.89. The van der Waals surface area contributed by atoms with Crippen LogP contribution in [0.1, 0.15) is 12.5 Å². The Morgan fingerprint density at radius 1 is 1.38 bits per heavy atom. The lowest BCUT2D eigenvalue weighted by Crippen LogP contribution is -2.21. The largest absolute Gasteiger partial charge is 0.465 e. The van der Waals surface area contributed by atoms with Crippen molar-refractivity contribution < 1.29 is 22.7 Å². The summed E-state index contributed by atoms with van der Waals surface area (Å²) in [6, 6.07) is 5.38. The summed E-state index contributed by atoms with van der Waals surface area (Å²) in [5.74, 6) is -0.506. The zero-order valence-electron chi connectivity index (χ0n) is 11.9. The van der Waals surface area contributed by atoms with Gasteiger partial charge in [0, 0.05) is 0 Å². The Morgan fingerprint density at radius 3 is 2.52 bits per heavy atom. The lowest BCUT2D eigenvalue weighted by atomic mass is 10.2. The highest BCUT2D eigenvalue weighted by Gasteiger charge is 2.66. The molecule has 6 nitrogen and oxygen atoms in total. The summed E-state index contributed by atoms with van der Waals surface area (Å²) in [6.07, 6.45) is -0.195. The van der Waals surface area contributed by atoms with E-state index in [1.165, 1.54) is 4.31 Å². The minimum atomic E-state index is -3.70. The van der Waals surface area contributed by atoms with Gasteiger partial charge in [-0.25, -0.2) is 8.42 Å². The Morgan fingerprint density at radius 2 is 2.00 bits per heavy atom. The molecule has 0 aromatic heterocycles. The SMILES string of the molecule is CCOC(=O)[C@@H]1[C@H]([C@H]2CO2)N1S(=O)(=O)c1ccc(C)cc1. The molecule has 0 aliphatic carbocycles. The van der Waals surface area contributed by atoms with Crippen LogP contribution >= 0.6 is 0 Å². The van der Waals surface area contributed by atoms with Gasteiger partial charge >= 0.3 is 5.97 Å². The van der Waals surface area contributed by atoms with Crippen LogP contribution in [-0.4, -0.2) is 50.1 Å². The first-order valence-corrected chi connectivity index (χ1v) is 8.29. The standard InChI is InChI=1S/C14H17NO5S/c1-3-19-14(16)13-12(11-8-20-11)15(13)21(17,18)10-6-4-9(2)5-7-10/h4-7,11-13H,3,8H2,1-2H3/t11-,12+,13+,15?/m1/s1. The molecule has 2 aliphatic heterocycles. The number of epoxide rings is 1. The Balaban J connectivity index is 1.87. The van der Waals surface area contributed by atoms with Gasteiger partial charge in [0.1, 0.15) is 6.04 Å². The number of hydrogen-bond acceptors (Lipinski definition) is 5. The molecule has 7 heteroatoms. The van der Waals surface area contributed by atoms with Gasteiger partial charge in [0.05, 0.1) is 30.3 Å². The average molecular weight is 311 g/mol. The summed E-state index contributed by atoms with van der Waals surface area (Å²) in [5, 5.41) is 0. The minimum Gasteiger partial charge on any atom is -0.465 e. The first-order chi connectivity index (χ1) is 9.96. The predicted octanol–water partition coefficient (Wildman–Crippen LogP) is 0.698. The van der Waals surface area contributed by atoms with Crippen molar-refractivity contribution >= 4 is 16.0 Å². The fourth-order valence-corrected chi connectivity index (χ4v) is 4.21. The van der Waals surface area contributed by atoms with E-state index in [2.05, 4.69) is 0 Å². The molecule has 2 heterocycles. The van der Waals surface area contributed by atoms with Crippen LogP contribution in [0.2, 0.25) is 0 Å². The lowest BCUT2D eigenvalue weighted by molar-refractivity contribution is -0.143. The molecule has 3 rings (SSSR count). The van der Waals surface area contributed by atoms with E-state index in [9.17, 15) is 13.2 Å². The number of rotatable bonds is 5. The topological polar surface area (TPSA) is 76.0 Å². The number of nitrogens with zero attached hydrogens (tertiary/aromatic N) is 1. The number of hydrogen-bond donors (Lipinski definition) is 0. The molecule has 1 aromatic rings. The molecular weight excluding hydrogens is 294 g/mol. The van der Waals surface area contributed by atoms with Crippen LogP contribution in [-0.2, 0) is 24.3 Å². The number of carbonyl (C=O) groups excluding carboxylic acids is 1. The van der Waals surface area contributed by atoms with Gasteiger partial charge in [0.25, 0.3) is 0 Å². The van der Waals surface area contributed by atoms with Crippen LogP contribution in [0.3, 0.4) is 0 Å². The van der Waals surface area contributed by atoms with Gasteiger partial charge in [0.15, 0.2) is 0 Å². The summed E-state index contributed by atoms with van der Waals surface area (Å²) in [5.41, 5.74) is 0.976. The maximum absolute atomic E-state index is 12.6. The summed E-state index contributed by atoms with van der Waals surface area (Å²) in [7, 11) is -3.70. The van der Waals surface area contributed by atoms with E-state index in [0.29, 0.717) is 6.61 Å². The molecule has 4 atom stereocenters. The quantitative estimate of drug-likeness (QED) is 0.591. The van der Waals surface area contributed by atoms with Crippen LogP contribution in [0.4, 0.5) is 0 Å². The van der Waals surface area contributed by atoms with Crippen molar-refractivity contribution in [1.82, 2.24) is 4.31 Å². The van der Waals surface area contributed by atoms with Gasteiger partial charge in [-0.1, -0.05) is 17.7 Å². The molecule has 21 heavy (non-hydrogen) atoms. The van der Waals surface area contributed by atoms with E-state index in [0.717, 1.165) is 5.56 Å².